The lowest BCUT2D eigenvalue weighted by Crippen LogP contribution is -2.30. The van der Waals surface area contributed by atoms with Crippen molar-refractivity contribution in [3.63, 3.8) is 0 Å². The van der Waals surface area contributed by atoms with Gasteiger partial charge in [-0.2, -0.15) is 0 Å². The van der Waals surface area contributed by atoms with Crippen molar-refractivity contribution in [3.05, 3.63) is 58.7 Å². The first-order valence-electron chi connectivity index (χ1n) is 12.6. The number of allylic oxidation sites excluding steroid dienone is 3. The summed E-state index contributed by atoms with van der Waals surface area (Å²) >= 11 is 0. The molecule has 0 spiro atoms. The van der Waals surface area contributed by atoms with Crippen molar-refractivity contribution < 1.29 is 23.2 Å². The minimum atomic E-state index is -4.03. The number of aliphatic hydroxyl groups excluding tert-OH is 1. The highest BCUT2D eigenvalue weighted by molar-refractivity contribution is 7.90. The van der Waals surface area contributed by atoms with E-state index in [0.717, 1.165) is 69.2 Å². The van der Waals surface area contributed by atoms with E-state index in [-0.39, 0.29) is 23.1 Å². The Balaban J connectivity index is 2.07. The normalized spacial score (nSPS) is 12.9. The summed E-state index contributed by atoms with van der Waals surface area (Å²) in [6, 6.07) is 4.39. The van der Waals surface area contributed by atoms with Gasteiger partial charge >= 0.3 is 0 Å². The van der Waals surface area contributed by atoms with Crippen molar-refractivity contribution in [2.45, 2.75) is 101 Å². The Kier molecular flexibility index (Phi) is 15.6. The van der Waals surface area contributed by atoms with Crippen LogP contribution in [0.5, 0.6) is 0 Å². The molecule has 1 aromatic rings. The van der Waals surface area contributed by atoms with Gasteiger partial charge in [-0.1, -0.05) is 63.3 Å². The molecule has 9 heteroatoms. The van der Waals surface area contributed by atoms with Crippen molar-refractivity contribution in [1.29, 1.82) is 0 Å². The van der Waals surface area contributed by atoms with E-state index >= 15 is 0 Å². The van der Waals surface area contributed by atoms with E-state index in [1.807, 2.05) is 16.9 Å². The first kappa shape index (κ1) is 30.5. The van der Waals surface area contributed by atoms with Crippen LogP contribution < -0.4 is 4.72 Å². The fourth-order valence-corrected chi connectivity index (χ4v) is 4.45. The molecule has 1 amide bonds. The van der Waals surface area contributed by atoms with Crippen LogP contribution in [-0.4, -0.2) is 30.5 Å². The summed E-state index contributed by atoms with van der Waals surface area (Å²) < 4.78 is 26.4. The molecule has 8 nitrogen and oxygen atoms in total. The van der Waals surface area contributed by atoms with Crippen molar-refractivity contribution in [2.24, 2.45) is 0 Å². The summed E-state index contributed by atoms with van der Waals surface area (Å²) in [5, 5.41) is 20.4. The maximum atomic E-state index is 12.2. The highest BCUT2D eigenvalue weighted by Crippen LogP contribution is 2.16. The Hall–Kier alpha value is -2.52. The molecule has 0 saturated carbocycles. The molecule has 0 aliphatic carbocycles. The monoisotopic (exact) mass is 508 g/mol. The number of carbonyl (C=O) groups is 1. The third-order valence-electron chi connectivity index (χ3n) is 5.50. The Morgan fingerprint density at radius 2 is 1.54 bits per heavy atom. The van der Waals surface area contributed by atoms with Gasteiger partial charge in [-0.25, -0.2) is 13.1 Å². The highest BCUT2D eigenvalue weighted by atomic mass is 32.2. The number of non-ortho nitro benzene ring substituents is 1. The Morgan fingerprint density at radius 3 is 2.14 bits per heavy atom. The molecule has 0 fully saturated rings. The third-order valence-corrected chi connectivity index (χ3v) is 6.89. The van der Waals surface area contributed by atoms with Crippen molar-refractivity contribution in [3.8, 4) is 0 Å². The number of hydrogen-bond donors (Lipinski definition) is 2. The number of nitrogens with zero attached hydrogens (tertiary/aromatic N) is 1. The third kappa shape index (κ3) is 14.5. The molecule has 0 saturated heterocycles. The summed E-state index contributed by atoms with van der Waals surface area (Å²) in [5.41, 5.74) is -0.218. The van der Waals surface area contributed by atoms with Gasteiger partial charge in [0.2, 0.25) is 5.91 Å². The second kappa shape index (κ2) is 17.8. The number of nitro groups is 1. The molecule has 0 heterocycles. The van der Waals surface area contributed by atoms with Crippen LogP contribution in [0, 0.1) is 10.1 Å². The molecule has 2 N–H and O–H groups in total. The molecule has 1 rings (SSSR count). The van der Waals surface area contributed by atoms with E-state index in [1.54, 1.807) is 0 Å². The van der Waals surface area contributed by atoms with Crippen LogP contribution >= 0.6 is 0 Å². The Bertz CT molecular complexity index is 910. The van der Waals surface area contributed by atoms with Crippen molar-refractivity contribution in [1.82, 2.24) is 4.72 Å². The summed E-state index contributed by atoms with van der Waals surface area (Å²) in [7, 11) is -4.03. The Labute approximate surface area is 209 Å². The lowest BCUT2D eigenvalue weighted by molar-refractivity contribution is -0.384. The molecule has 0 radical (unpaired) electrons. The molecule has 1 atom stereocenters. The number of hydrogen-bond acceptors (Lipinski definition) is 6. The predicted octanol–water partition coefficient (Wildman–Crippen LogP) is 5.96. The number of aliphatic hydroxyl groups is 1. The number of sulfonamides is 1. The van der Waals surface area contributed by atoms with E-state index in [9.17, 15) is 28.4 Å². The summed E-state index contributed by atoms with van der Waals surface area (Å²) in [5.74, 6) is -0.595. The first-order valence-corrected chi connectivity index (χ1v) is 14.0. The molecule has 0 aromatic heterocycles. The summed E-state index contributed by atoms with van der Waals surface area (Å²) in [6.45, 7) is 2.12. The van der Waals surface area contributed by atoms with E-state index in [1.165, 1.54) is 19.3 Å². The summed E-state index contributed by atoms with van der Waals surface area (Å²) in [6.07, 6.45) is 20.0. The van der Waals surface area contributed by atoms with Crippen molar-refractivity contribution in [2.75, 3.05) is 0 Å². The van der Waals surface area contributed by atoms with Crippen LogP contribution in [0.15, 0.2) is 53.5 Å². The zero-order valence-electron chi connectivity index (χ0n) is 20.7. The molecular weight excluding hydrogens is 468 g/mol. The lowest BCUT2D eigenvalue weighted by Gasteiger charge is -2.06. The molecule has 196 valence electrons. The number of nitrogens with one attached hydrogen (secondary N) is 1. The average Bonchev–Trinajstić information content (AvgIpc) is 2.82. The van der Waals surface area contributed by atoms with E-state index in [2.05, 4.69) is 19.1 Å². The van der Waals surface area contributed by atoms with Crippen LogP contribution in [0.2, 0.25) is 0 Å². The van der Waals surface area contributed by atoms with Gasteiger partial charge in [0.1, 0.15) is 0 Å². The maximum absolute atomic E-state index is 12.2. The zero-order valence-corrected chi connectivity index (χ0v) is 21.5. The maximum Gasteiger partial charge on any atom is 0.269 e. The summed E-state index contributed by atoms with van der Waals surface area (Å²) in [4.78, 5) is 21.8. The quantitative estimate of drug-likeness (QED) is 0.103. The molecular formula is C26H40N2O6S. The number of benzene rings is 1. The fraction of sp³-hybridized carbons (Fsp3) is 0.577. The van der Waals surface area contributed by atoms with Gasteiger partial charge in [0.15, 0.2) is 0 Å². The van der Waals surface area contributed by atoms with Gasteiger partial charge < -0.3 is 5.11 Å². The molecule has 0 bridgehead atoms. The van der Waals surface area contributed by atoms with Crippen LogP contribution in [0.3, 0.4) is 0 Å². The number of nitro benzene ring substituents is 1. The number of unbranched alkanes of at least 4 members (excludes halogenated alkanes) is 8. The van der Waals surface area contributed by atoms with Gasteiger partial charge in [0.25, 0.3) is 15.7 Å². The first-order chi connectivity index (χ1) is 16.8. The van der Waals surface area contributed by atoms with Gasteiger partial charge in [-0.3, -0.25) is 14.9 Å². The van der Waals surface area contributed by atoms with Gasteiger partial charge in [-0.15, -0.1) is 0 Å². The largest absolute Gasteiger partial charge is 0.389 e. The van der Waals surface area contributed by atoms with Crippen LogP contribution in [0.25, 0.3) is 0 Å². The van der Waals surface area contributed by atoms with Gasteiger partial charge in [0, 0.05) is 18.6 Å². The fourth-order valence-electron chi connectivity index (χ4n) is 3.44. The minimum Gasteiger partial charge on any atom is -0.389 e. The lowest BCUT2D eigenvalue weighted by atomic mass is 10.1. The van der Waals surface area contributed by atoms with Gasteiger partial charge in [0.05, 0.1) is 15.9 Å². The van der Waals surface area contributed by atoms with Crippen molar-refractivity contribution >= 4 is 21.6 Å². The van der Waals surface area contributed by atoms with Crippen LogP contribution in [0.1, 0.15) is 90.4 Å². The Morgan fingerprint density at radius 1 is 0.971 bits per heavy atom. The van der Waals surface area contributed by atoms with E-state index in [0.29, 0.717) is 12.8 Å². The zero-order chi connectivity index (χ0) is 25.9. The molecule has 0 unspecified atom stereocenters. The van der Waals surface area contributed by atoms with E-state index < -0.39 is 20.9 Å². The minimum absolute atomic E-state index is 0.0840. The number of carbonyl (C=O) groups excluding carboxylic acids is 1. The number of rotatable bonds is 19. The standard InChI is InChI=1S/C26H40N2O6S/c1-2-3-16-24(29)17-14-12-10-8-6-4-5-7-9-11-13-15-18-26(30)27-35(33,34)25-21-19-23(20-22-25)28(31)32/h9,11,14,17,19-22,24,29H,2-8,10,12-13,15-16,18H2,1H3,(H,27,30)/t24-/m1/s1. The molecule has 0 aliphatic rings. The number of amides is 1. The topological polar surface area (TPSA) is 127 Å². The molecule has 1 aromatic carbocycles. The van der Waals surface area contributed by atoms with Crippen LogP contribution in [-0.2, 0) is 14.8 Å². The predicted molar refractivity (Wildman–Crippen MR) is 138 cm³/mol. The SMILES string of the molecule is CCCC[C@@H](O)C=CCCCCCCCC=CCCCC(=O)NS(=O)(=O)c1ccc([N+](=O)[O-])cc1. The van der Waals surface area contributed by atoms with E-state index in [4.69, 9.17) is 0 Å². The highest BCUT2D eigenvalue weighted by Gasteiger charge is 2.18. The second-order valence-corrected chi connectivity index (χ2v) is 10.3. The second-order valence-electron chi connectivity index (χ2n) is 8.63. The average molecular weight is 509 g/mol. The molecule has 0 aliphatic heterocycles. The molecule has 35 heavy (non-hydrogen) atoms. The van der Waals surface area contributed by atoms with Gasteiger partial charge in [-0.05, 0) is 57.1 Å². The smallest absolute Gasteiger partial charge is 0.269 e. The van der Waals surface area contributed by atoms with Crippen LogP contribution in [0.4, 0.5) is 5.69 Å².